The highest BCUT2D eigenvalue weighted by Crippen LogP contribution is 2.34. The van der Waals surface area contributed by atoms with E-state index in [-0.39, 0.29) is 12.0 Å². The van der Waals surface area contributed by atoms with Gasteiger partial charge in [-0.05, 0) is 30.5 Å². The molecule has 1 unspecified atom stereocenters. The Kier molecular flexibility index (Phi) is 7.94. The van der Waals surface area contributed by atoms with E-state index in [1.54, 1.807) is 0 Å². The maximum Gasteiger partial charge on any atom is 0.0558 e. The Bertz CT molecular complexity index is 378. The molecule has 0 saturated heterocycles. The van der Waals surface area contributed by atoms with E-state index in [1.807, 2.05) is 0 Å². The van der Waals surface area contributed by atoms with Gasteiger partial charge in [0.15, 0.2) is 0 Å². The van der Waals surface area contributed by atoms with Crippen LogP contribution in [0.1, 0.15) is 45.7 Å². The molecule has 1 rings (SSSR count). The molecule has 0 spiro atoms. The van der Waals surface area contributed by atoms with Crippen LogP contribution in [0, 0.1) is 5.41 Å². The fourth-order valence-corrected chi connectivity index (χ4v) is 2.94. The molecule has 0 aromatic heterocycles. The van der Waals surface area contributed by atoms with Crippen LogP contribution in [-0.4, -0.2) is 42.8 Å². The number of nitrogens with zero attached hydrogens (tertiary/aromatic N) is 1. The first kappa shape index (κ1) is 18.1. The Balaban J connectivity index is 2.89. The number of benzene rings is 1. The van der Waals surface area contributed by atoms with Gasteiger partial charge in [-0.15, -0.1) is 0 Å². The standard InChI is InChI=1S/C18H32N2O/c1-5-12-19-17(16-10-8-7-9-11-16)18(3,4)15-20(6-2)13-14-21/h7-11,17,19,21H,5-6,12-15H2,1-4H3. The highest BCUT2D eigenvalue weighted by Gasteiger charge is 2.31. The molecule has 3 heteroatoms. The number of nitrogens with one attached hydrogen (secondary N) is 1. The smallest absolute Gasteiger partial charge is 0.0558 e. The van der Waals surface area contributed by atoms with E-state index in [2.05, 4.69) is 68.2 Å². The average Bonchev–Trinajstić information content (AvgIpc) is 2.48. The van der Waals surface area contributed by atoms with Crippen molar-refractivity contribution in [2.45, 2.75) is 40.2 Å². The molecule has 0 heterocycles. The molecular weight excluding hydrogens is 260 g/mol. The second kappa shape index (κ2) is 9.19. The Morgan fingerprint density at radius 3 is 2.38 bits per heavy atom. The van der Waals surface area contributed by atoms with Crippen LogP contribution in [0.5, 0.6) is 0 Å². The van der Waals surface area contributed by atoms with Gasteiger partial charge in [0.25, 0.3) is 0 Å². The molecule has 1 aromatic carbocycles. The summed E-state index contributed by atoms with van der Waals surface area (Å²) < 4.78 is 0. The van der Waals surface area contributed by atoms with Crippen molar-refractivity contribution >= 4 is 0 Å². The summed E-state index contributed by atoms with van der Waals surface area (Å²) in [6, 6.07) is 11.0. The molecular formula is C18H32N2O. The quantitative estimate of drug-likeness (QED) is 0.696. The lowest BCUT2D eigenvalue weighted by Crippen LogP contribution is -2.44. The van der Waals surface area contributed by atoms with Crippen molar-refractivity contribution in [3.8, 4) is 0 Å². The molecule has 2 N–H and O–H groups in total. The molecule has 1 atom stereocenters. The van der Waals surface area contributed by atoms with Crippen molar-refractivity contribution < 1.29 is 5.11 Å². The van der Waals surface area contributed by atoms with E-state index in [4.69, 9.17) is 0 Å². The second-order valence-electron chi connectivity index (χ2n) is 6.38. The highest BCUT2D eigenvalue weighted by atomic mass is 16.3. The molecule has 0 bridgehead atoms. The summed E-state index contributed by atoms with van der Waals surface area (Å²) in [5, 5.41) is 12.9. The van der Waals surface area contributed by atoms with E-state index in [0.717, 1.165) is 32.6 Å². The summed E-state index contributed by atoms with van der Waals surface area (Å²) in [5.41, 5.74) is 1.44. The first-order chi connectivity index (χ1) is 10.0. The van der Waals surface area contributed by atoms with Crippen molar-refractivity contribution in [3.63, 3.8) is 0 Å². The maximum atomic E-state index is 9.20. The van der Waals surface area contributed by atoms with Crippen LogP contribution < -0.4 is 5.32 Å². The lowest BCUT2D eigenvalue weighted by atomic mass is 9.79. The van der Waals surface area contributed by atoms with Crippen LogP contribution in [0.15, 0.2) is 30.3 Å². The molecule has 0 aliphatic carbocycles. The summed E-state index contributed by atoms with van der Waals surface area (Å²) in [7, 11) is 0. The number of likely N-dealkylation sites (N-methyl/N-ethyl adjacent to an activating group) is 1. The summed E-state index contributed by atoms with van der Waals surface area (Å²) in [6.07, 6.45) is 1.13. The first-order valence-electron chi connectivity index (χ1n) is 8.16. The number of aliphatic hydroxyl groups is 1. The van der Waals surface area contributed by atoms with Crippen LogP contribution in [0.3, 0.4) is 0 Å². The second-order valence-corrected chi connectivity index (χ2v) is 6.38. The van der Waals surface area contributed by atoms with Gasteiger partial charge in [0.2, 0.25) is 0 Å². The molecule has 0 amide bonds. The van der Waals surface area contributed by atoms with Gasteiger partial charge >= 0.3 is 0 Å². The number of hydrogen-bond donors (Lipinski definition) is 2. The average molecular weight is 292 g/mol. The first-order valence-corrected chi connectivity index (χ1v) is 8.16. The minimum atomic E-state index is 0.0989. The monoisotopic (exact) mass is 292 g/mol. The fraction of sp³-hybridized carbons (Fsp3) is 0.667. The highest BCUT2D eigenvalue weighted by molar-refractivity contribution is 5.21. The van der Waals surface area contributed by atoms with Gasteiger partial charge in [0.1, 0.15) is 0 Å². The van der Waals surface area contributed by atoms with E-state index in [0.29, 0.717) is 6.04 Å². The van der Waals surface area contributed by atoms with Crippen LogP contribution in [0.2, 0.25) is 0 Å². The molecule has 0 fully saturated rings. The zero-order valence-electron chi connectivity index (χ0n) is 14.1. The van der Waals surface area contributed by atoms with E-state index >= 15 is 0 Å². The van der Waals surface area contributed by atoms with Gasteiger partial charge in [-0.2, -0.15) is 0 Å². The molecule has 3 nitrogen and oxygen atoms in total. The Morgan fingerprint density at radius 1 is 1.19 bits per heavy atom. The van der Waals surface area contributed by atoms with Crippen molar-refractivity contribution in [2.75, 3.05) is 32.8 Å². The third kappa shape index (κ3) is 5.77. The Hall–Kier alpha value is -0.900. The number of hydrogen-bond acceptors (Lipinski definition) is 3. The van der Waals surface area contributed by atoms with Gasteiger partial charge in [-0.25, -0.2) is 0 Å². The number of rotatable bonds is 10. The normalized spacial score (nSPS) is 13.6. The molecule has 120 valence electrons. The summed E-state index contributed by atoms with van der Waals surface area (Å²) >= 11 is 0. The fourth-order valence-electron chi connectivity index (χ4n) is 2.94. The Morgan fingerprint density at radius 2 is 1.86 bits per heavy atom. The summed E-state index contributed by atoms with van der Waals surface area (Å²) in [5.74, 6) is 0. The minimum Gasteiger partial charge on any atom is -0.395 e. The summed E-state index contributed by atoms with van der Waals surface area (Å²) in [4.78, 5) is 2.32. The van der Waals surface area contributed by atoms with Gasteiger partial charge in [0, 0.05) is 19.1 Å². The largest absolute Gasteiger partial charge is 0.395 e. The molecule has 0 radical (unpaired) electrons. The zero-order valence-corrected chi connectivity index (χ0v) is 14.1. The third-order valence-corrected chi connectivity index (χ3v) is 4.01. The van der Waals surface area contributed by atoms with Crippen LogP contribution >= 0.6 is 0 Å². The lowest BCUT2D eigenvalue weighted by molar-refractivity contribution is 0.120. The predicted octanol–water partition coefficient (Wildman–Crippen LogP) is 3.07. The minimum absolute atomic E-state index is 0.0989. The van der Waals surface area contributed by atoms with Gasteiger partial charge in [-0.1, -0.05) is 58.0 Å². The molecule has 21 heavy (non-hydrogen) atoms. The predicted molar refractivity (Wildman–Crippen MR) is 90.5 cm³/mol. The van der Waals surface area contributed by atoms with Gasteiger partial charge in [0.05, 0.1) is 6.61 Å². The zero-order chi connectivity index (χ0) is 15.7. The van der Waals surface area contributed by atoms with Crippen molar-refractivity contribution in [2.24, 2.45) is 5.41 Å². The number of aliphatic hydroxyl groups excluding tert-OH is 1. The van der Waals surface area contributed by atoms with Crippen molar-refractivity contribution in [1.29, 1.82) is 0 Å². The van der Waals surface area contributed by atoms with Crippen molar-refractivity contribution in [3.05, 3.63) is 35.9 Å². The van der Waals surface area contributed by atoms with Crippen LogP contribution in [0.25, 0.3) is 0 Å². The molecule has 1 aromatic rings. The van der Waals surface area contributed by atoms with E-state index in [1.165, 1.54) is 5.56 Å². The van der Waals surface area contributed by atoms with E-state index < -0.39 is 0 Å². The maximum absolute atomic E-state index is 9.20. The molecule has 0 aliphatic heterocycles. The summed E-state index contributed by atoms with van der Waals surface area (Å²) in [6.45, 7) is 12.9. The van der Waals surface area contributed by atoms with E-state index in [9.17, 15) is 5.11 Å². The molecule has 0 aliphatic rings. The van der Waals surface area contributed by atoms with Crippen LogP contribution in [0.4, 0.5) is 0 Å². The Labute approximate surface area is 130 Å². The lowest BCUT2D eigenvalue weighted by Gasteiger charge is -2.39. The van der Waals surface area contributed by atoms with Crippen molar-refractivity contribution in [1.82, 2.24) is 10.2 Å². The van der Waals surface area contributed by atoms with Gasteiger partial charge < -0.3 is 15.3 Å². The van der Waals surface area contributed by atoms with Gasteiger partial charge in [-0.3, -0.25) is 0 Å². The third-order valence-electron chi connectivity index (χ3n) is 4.01. The molecule has 0 saturated carbocycles. The topological polar surface area (TPSA) is 35.5 Å². The van der Waals surface area contributed by atoms with Crippen LogP contribution in [-0.2, 0) is 0 Å². The SMILES string of the molecule is CCCNC(c1ccccc1)C(C)(C)CN(CC)CCO.